The van der Waals surface area contributed by atoms with E-state index in [-0.39, 0.29) is 11.4 Å². The van der Waals surface area contributed by atoms with Gasteiger partial charge in [0.05, 0.1) is 12.0 Å². The Hall–Kier alpha value is -4.82. The van der Waals surface area contributed by atoms with Gasteiger partial charge in [0, 0.05) is 6.07 Å². The van der Waals surface area contributed by atoms with Gasteiger partial charge < -0.3 is 29.7 Å². The van der Waals surface area contributed by atoms with E-state index in [1.807, 2.05) is 0 Å². The Morgan fingerprint density at radius 1 is 0.969 bits per heavy atom. The van der Waals surface area contributed by atoms with E-state index < -0.39 is 65.1 Å². The van der Waals surface area contributed by atoms with Crippen molar-refractivity contribution >= 4 is 35.2 Å². The maximum Gasteiger partial charge on any atom is 0.356 e. The number of ether oxygens (including phenoxy) is 3. The first kappa shape index (κ1) is 23.5. The third-order valence-electron chi connectivity index (χ3n) is 3.44. The van der Waals surface area contributed by atoms with Crippen LogP contribution in [0.25, 0.3) is 0 Å². The van der Waals surface area contributed by atoms with Crippen LogP contribution in [0.1, 0.15) is 21.0 Å². The van der Waals surface area contributed by atoms with Gasteiger partial charge in [-0.15, -0.1) is 0 Å². The first-order chi connectivity index (χ1) is 15.1. The number of hydrogen-bond acceptors (Lipinski definition) is 11. The molecule has 0 atom stereocenters. The molecule has 0 spiro atoms. The fourth-order valence-electron chi connectivity index (χ4n) is 2.12. The molecule has 3 N–H and O–H groups in total. The summed E-state index contributed by atoms with van der Waals surface area (Å²) in [6, 6.07) is 4.22. The molecule has 0 fully saturated rings. The van der Waals surface area contributed by atoms with Gasteiger partial charge in [-0.2, -0.15) is 0 Å². The normalized spacial score (nSPS) is 10.0. The van der Waals surface area contributed by atoms with Gasteiger partial charge in [-0.05, 0) is 18.2 Å². The maximum absolute atomic E-state index is 12.5. The Bertz CT molecular complexity index is 1090. The summed E-state index contributed by atoms with van der Waals surface area (Å²) >= 11 is 0. The number of pyridine rings is 2. The molecule has 0 bridgehead atoms. The highest BCUT2D eigenvalue weighted by atomic mass is 16.6. The fourth-order valence-corrected chi connectivity index (χ4v) is 2.12. The van der Waals surface area contributed by atoms with E-state index in [4.69, 9.17) is 19.7 Å². The molecular formula is C17H14N4O11. The number of nitrogens with zero attached hydrogens (tertiary/aromatic N) is 3. The molecule has 0 aliphatic heterocycles. The number of amides is 1. The van der Waals surface area contributed by atoms with E-state index in [9.17, 15) is 29.3 Å². The molecule has 1 amide bonds. The Balaban J connectivity index is 2.35. The molecule has 2 heterocycles. The second-order valence-electron chi connectivity index (χ2n) is 5.64. The zero-order chi connectivity index (χ0) is 23.8. The number of carboxylic acids is 2. The highest BCUT2D eigenvalue weighted by Crippen LogP contribution is 2.26. The second kappa shape index (κ2) is 10.3. The number of nitro groups is 1. The number of esters is 1. The van der Waals surface area contributed by atoms with Crippen molar-refractivity contribution < 1.29 is 48.5 Å². The van der Waals surface area contributed by atoms with Crippen molar-refractivity contribution in [1.29, 1.82) is 0 Å². The summed E-state index contributed by atoms with van der Waals surface area (Å²) in [7, 11) is 1.10. The molecule has 0 saturated carbocycles. The van der Waals surface area contributed by atoms with Crippen molar-refractivity contribution in [2.75, 3.05) is 25.6 Å². The lowest BCUT2D eigenvalue weighted by atomic mass is 10.2. The minimum Gasteiger partial charge on any atom is -0.479 e. The average Bonchev–Trinajstić information content (AvgIpc) is 2.75. The molecule has 0 saturated heterocycles. The number of carbonyl (C=O) groups is 4. The van der Waals surface area contributed by atoms with Crippen LogP contribution in [0.15, 0.2) is 24.3 Å². The molecule has 0 unspecified atom stereocenters. The number of aromatic nitrogens is 2. The number of carboxylic acid groups (broad SMARTS) is 2. The van der Waals surface area contributed by atoms with Gasteiger partial charge in [0.25, 0.3) is 11.8 Å². The molecular weight excluding hydrogens is 436 g/mol. The van der Waals surface area contributed by atoms with Crippen molar-refractivity contribution in [3.8, 4) is 11.8 Å². The van der Waals surface area contributed by atoms with Gasteiger partial charge in [-0.1, -0.05) is 0 Å². The van der Waals surface area contributed by atoms with Crippen LogP contribution >= 0.6 is 0 Å². The van der Waals surface area contributed by atoms with Crippen LogP contribution in [0.4, 0.5) is 11.4 Å². The predicted octanol–water partition coefficient (Wildman–Crippen LogP) is 0.350. The third kappa shape index (κ3) is 6.09. The number of aliphatic carboxylic acids is 2. The summed E-state index contributed by atoms with van der Waals surface area (Å²) in [4.78, 5) is 63.2. The Morgan fingerprint density at radius 2 is 1.53 bits per heavy atom. The zero-order valence-corrected chi connectivity index (χ0v) is 16.1. The van der Waals surface area contributed by atoms with Crippen molar-refractivity contribution in [2.24, 2.45) is 0 Å². The predicted molar refractivity (Wildman–Crippen MR) is 101 cm³/mol. The van der Waals surface area contributed by atoms with Crippen molar-refractivity contribution in [3.05, 3.63) is 45.8 Å². The molecule has 0 radical (unpaired) electrons. The molecule has 15 nitrogen and oxygen atoms in total. The molecule has 2 aromatic rings. The highest BCUT2D eigenvalue weighted by Gasteiger charge is 2.22. The summed E-state index contributed by atoms with van der Waals surface area (Å²) < 4.78 is 14.2. The van der Waals surface area contributed by atoms with Gasteiger partial charge in [-0.25, -0.2) is 24.4 Å². The minimum absolute atomic E-state index is 0.155. The average molecular weight is 450 g/mol. The number of hydrogen-bond donors (Lipinski definition) is 3. The van der Waals surface area contributed by atoms with Gasteiger partial charge >= 0.3 is 23.6 Å². The third-order valence-corrected chi connectivity index (χ3v) is 3.44. The van der Waals surface area contributed by atoms with Crippen LogP contribution in [0, 0.1) is 10.1 Å². The standard InChI is InChI=1S/C17H14N4O11/c1-30-17(27)10-3-2-9(15(20-10)31-6-12(22)23)18-14(26)8-4-5-11(21(28)29)16(19-8)32-7-13(24)25/h2-5H,6-7H2,1H3,(H,18,26)(H,22,23)(H,24,25). The fraction of sp³-hybridized carbons (Fsp3) is 0.176. The topological polar surface area (TPSA) is 217 Å². The monoisotopic (exact) mass is 450 g/mol. The summed E-state index contributed by atoms with van der Waals surface area (Å²) in [6.45, 7) is -1.78. The summed E-state index contributed by atoms with van der Waals surface area (Å²) in [6.07, 6.45) is 0. The molecule has 168 valence electrons. The molecule has 0 aromatic carbocycles. The van der Waals surface area contributed by atoms with Gasteiger partial charge in [-0.3, -0.25) is 14.9 Å². The second-order valence-corrected chi connectivity index (χ2v) is 5.64. The Morgan fingerprint density at radius 3 is 2.09 bits per heavy atom. The smallest absolute Gasteiger partial charge is 0.356 e. The van der Waals surface area contributed by atoms with Crippen LogP contribution in [0.5, 0.6) is 11.8 Å². The number of rotatable bonds is 10. The molecule has 2 rings (SSSR count). The van der Waals surface area contributed by atoms with E-state index in [2.05, 4.69) is 20.0 Å². The van der Waals surface area contributed by atoms with Crippen LogP contribution in [-0.2, 0) is 14.3 Å². The lowest BCUT2D eigenvalue weighted by molar-refractivity contribution is -0.386. The van der Waals surface area contributed by atoms with Crippen molar-refractivity contribution in [1.82, 2.24) is 9.97 Å². The number of anilines is 1. The SMILES string of the molecule is COC(=O)c1ccc(NC(=O)c2ccc([N+](=O)[O-])c(OCC(=O)O)n2)c(OCC(=O)O)n1. The number of nitrogens with one attached hydrogen (secondary N) is 1. The van der Waals surface area contributed by atoms with Crippen LogP contribution in [0.2, 0.25) is 0 Å². The van der Waals surface area contributed by atoms with Crippen LogP contribution in [-0.4, -0.2) is 69.2 Å². The summed E-state index contributed by atoms with van der Waals surface area (Å²) in [5, 5.41) is 30.8. The summed E-state index contributed by atoms with van der Waals surface area (Å²) in [5.74, 6) is -5.70. The molecule has 0 aliphatic carbocycles. The minimum atomic E-state index is -1.42. The maximum atomic E-state index is 12.5. The highest BCUT2D eigenvalue weighted by molar-refractivity contribution is 6.04. The lowest BCUT2D eigenvalue weighted by Crippen LogP contribution is -2.18. The molecule has 2 aromatic heterocycles. The van der Waals surface area contributed by atoms with Crippen LogP contribution in [0.3, 0.4) is 0 Å². The zero-order valence-electron chi connectivity index (χ0n) is 16.1. The van der Waals surface area contributed by atoms with E-state index in [0.29, 0.717) is 0 Å². The molecule has 15 heteroatoms. The van der Waals surface area contributed by atoms with Crippen molar-refractivity contribution in [2.45, 2.75) is 0 Å². The first-order valence-electron chi connectivity index (χ1n) is 8.37. The number of carbonyl (C=O) groups excluding carboxylic acids is 2. The van der Waals surface area contributed by atoms with E-state index >= 15 is 0 Å². The quantitative estimate of drug-likeness (QED) is 0.253. The van der Waals surface area contributed by atoms with E-state index in [1.165, 1.54) is 12.1 Å². The summed E-state index contributed by atoms with van der Waals surface area (Å²) in [5.41, 5.74) is -1.46. The van der Waals surface area contributed by atoms with Gasteiger partial charge in [0.15, 0.2) is 18.9 Å². The molecule has 0 aliphatic rings. The number of methoxy groups -OCH3 is 1. The lowest BCUT2D eigenvalue weighted by Gasteiger charge is -2.12. The van der Waals surface area contributed by atoms with Crippen LogP contribution < -0.4 is 14.8 Å². The van der Waals surface area contributed by atoms with E-state index in [0.717, 1.165) is 19.2 Å². The van der Waals surface area contributed by atoms with Crippen molar-refractivity contribution in [3.63, 3.8) is 0 Å². The molecule has 32 heavy (non-hydrogen) atoms. The largest absolute Gasteiger partial charge is 0.479 e. The van der Waals surface area contributed by atoms with Gasteiger partial charge in [0.2, 0.25) is 5.88 Å². The van der Waals surface area contributed by atoms with Gasteiger partial charge in [0.1, 0.15) is 11.4 Å². The Kier molecular flexibility index (Phi) is 7.54. The first-order valence-corrected chi connectivity index (χ1v) is 8.37. The Labute approximate surface area is 177 Å². The van der Waals surface area contributed by atoms with E-state index in [1.54, 1.807) is 0 Å².